The zero-order valence-electron chi connectivity index (χ0n) is 10.4. The SMILES string of the molecule is C=C/C(Cl)=C(\C=C)C1(C#N)CCN(CC)CC1. The van der Waals surface area contributed by atoms with Gasteiger partial charge in [0.2, 0.25) is 0 Å². The van der Waals surface area contributed by atoms with Crippen LogP contribution in [0.5, 0.6) is 0 Å². The smallest absolute Gasteiger partial charge is 0.0860 e. The van der Waals surface area contributed by atoms with E-state index in [4.69, 9.17) is 11.6 Å². The van der Waals surface area contributed by atoms with Crippen molar-refractivity contribution in [2.24, 2.45) is 5.41 Å². The third kappa shape index (κ3) is 2.80. The van der Waals surface area contributed by atoms with Gasteiger partial charge < -0.3 is 4.90 Å². The Morgan fingerprint density at radius 1 is 1.41 bits per heavy atom. The van der Waals surface area contributed by atoms with Crippen molar-refractivity contribution in [1.29, 1.82) is 5.26 Å². The Bertz CT molecular complexity index is 368. The van der Waals surface area contributed by atoms with E-state index in [0.717, 1.165) is 38.0 Å². The van der Waals surface area contributed by atoms with Crippen LogP contribution in [-0.2, 0) is 0 Å². The number of piperidine rings is 1. The maximum Gasteiger partial charge on any atom is 0.0860 e. The van der Waals surface area contributed by atoms with Gasteiger partial charge in [0.05, 0.1) is 11.5 Å². The Morgan fingerprint density at radius 3 is 2.35 bits per heavy atom. The molecule has 0 unspecified atom stereocenters. The predicted octanol–water partition coefficient (Wildman–Crippen LogP) is 3.48. The highest BCUT2D eigenvalue weighted by Gasteiger charge is 2.37. The molecule has 2 nitrogen and oxygen atoms in total. The average molecular weight is 251 g/mol. The summed E-state index contributed by atoms with van der Waals surface area (Å²) in [6.07, 6.45) is 4.91. The summed E-state index contributed by atoms with van der Waals surface area (Å²) in [5.74, 6) is 0. The summed E-state index contributed by atoms with van der Waals surface area (Å²) < 4.78 is 0. The van der Waals surface area contributed by atoms with E-state index in [9.17, 15) is 5.26 Å². The number of rotatable bonds is 4. The van der Waals surface area contributed by atoms with E-state index < -0.39 is 5.41 Å². The highest BCUT2D eigenvalue weighted by Crippen LogP contribution is 2.41. The fourth-order valence-electron chi connectivity index (χ4n) is 2.32. The molecule has 92 valence electrons. The van der Waals surface area contributed by atoms with E-state index in [1.54, 1.807) is 12.2 Å². The maximum atomic E-state index is 9.50. The summed E-state index contributed by atoms with van der Waals surface area (Å²) in [6, 6.07) is 2.44. The predicted molar refractivity (Wildman–Crippen MR) is 72.7 cm³/mol. The second kappa shape index (κ2) is 6.05. The average Bonchev–Trinajstić information content (AvgIpc) is 2.39. The molecule has 0 saturated carbocycles. The molecular weight excluding hydrogens is 232 g/mol. The van der Waals surface area contributed by atoms with Crippen molar-refractivity contribution >= 4 is 11.6 Å². The van der Waals surface area contributed by atoms with E-state index in [1.807, 2.05) is 0 Å². The van der Waals surface area contributed by atoms with E-state index in [1.165, 1.54) is 0 Å². The second-order valence-electron chi connectivity index (χ2n) is 4.30. The summed E-state index contributed by atoms with van der Waals surface area (Å²) in [5, 5.41) is 10.1. The summed E-state index contributed by atoms with van der Waals surface area (Å²) >= 11 is 6.13. The zero-order valence-corrected chi connectivity index (χ0v) is 11.1. The van der Waals surface area contributed by atoms with Crippen LogP contribution in [0.25, 0.3) is 0 Å². The minimum absolute atomic E-state index is 0.487. The number of nitriles is 1. The van der Waals surface area contributed by atoms with Gasteiger partial charge in [-0.05, 0) is 38.0 Å². The summed E-state index contributed by atoms with van der Waals surface area (Å²) in [6.45, 7) is 12.5. The molecule has 0 amide bonds. The first kappa shape index (κ1) is 14.0. The lowest BCUT2D eigenvalue weighted by atomic mass is 9.73. The standard InChI is InChI=1S/C14H19ClN2/c1-4-12(13(15)5-2)14(11-16)7-9-17(6-3)10-8-14/h4-5H,1-2,6-10H2,3H3/b13-12-. The van der Waals surface area contributed by atoms with Crippen LogP contribution in [0.2, 0.25) is 0 Å². The lowest BCUT2D eigenvalue weighted by Crippen LogP contribution is -2.40. The summed E-state index contributed by atoms with van der Waals surface area (Å²) in [5.41, 5.74) is 0.339. The third-order valence-electron chi connectivity index (χ3n) is 3.53. The van der Waals surface area contributed by atoms with Crippen molar-refractivity contribution in [2.45, 2.75) is 19.8 Å². The molecule has 0 N–H and O–H groups in total. The normalized spacial score (nSPS) is 21.2. The molecule has 1 aliphatic rings. The van der Waals surface area contributed by atoms with Crippen molar-refractivity contribution in [3.8, 4) is 6.07 Å². The monoisotopic (exact) mass is 250 g/mol. The van der Waals surface area contributed by atoms with E-state index in [-0.39, 0.29) is 0 Å². The first-order valence-electron chi connectivity index (χ1n) is 5.92. The van der Waals surface area contributed by atoms with Gasteiger partial charge in [0.15, 0.2) is 0 Å². The molecule has 0 bridgehead atoms. The fraction of sp³-hybridized carbons (Fsp3) is 0.500. The Hall–Kier alpha value is -1.04. The van der Waals surface area contributed by atoms with Gasteiger partial charge in [-0.3, -0.25) is 0 Å². The van der Waals surface area contributed by atoms with Crippen molar-refractivity contribution in [2.75, 3.05) is 19.6 Å². The molecule has 0 aromatic heterocycles. The molecule has 1 fully saturated rings. The molecule has 1 heterocycles. The van der Waals surface area contributed by atoms with Crippen LogP contribution in [0.4, 0.5) is 0 Å². The number of likely N-dealkylation sites (tertiary alicyclic amines) is 1. The molecule has 3 heteroatoms. The van der Waals surface area contributed by atoms with Gasteiger partial charge in [-0.25, -0.2) is 0 Å². The van der Waals surface area contributed by atoms with Crippen molar-refractivity contribution in [3.63, 3.8) is 0 Å². The minimum atomic E-state index is -0.487. The number of nitrogens with zero attached hydrogens (tertiary/aromatic N) is 2. The van der Waals surface area contributed by atoms with E-state index >= 15 is 0 Å². The van der Waals surface area contributed by atoms with Crippen molar-refractivity contribution in [3.05, 3.63) is 35.9 Å². The Balaban J connectivity index is 3.03. The van der Waals surface area contributed by atoms with Crippen LogP contribution in [0.1, 0.15) is 19.8 Å². The first-order valence-corrected chi connectivity index (χ1v) is 6.30. The Labute approximate surface area is 109 Å². The van der Waals surface area contributed by atoms with Crippen LogP contribution in [0.3, 0.4) is 0 Å². The third-order valence-corrected chi connectivity index (χ3v) is 3.88. The van der Waals surface area contributed by atoms with Gasteiger partial charge in [0.25, 0.3) is 0 Å². The highest BCUT2D eigenvalue weighted by atomic mass is 35.5. The quantitative estimate of drug-likeness (QED) is 0.715. The number of hydrogen-bond donors (Lipinski definition) is 0. The first-order chi connectivity index (χ1) is 8.13. The Kier molecular flexibility index (Phi) is 4.99. The molecule has 0 spiro atoms. The van der Waals surface area contributed by atoms with Gasteiger partial charge in [-0.15, -0.1) is 0 Å². The molecule has 1 saturated heterocycles. The van der Waals surface area contributed by atoms with E-state index in [2.05, 4.69) is 31.1 Å². The summed E-state index contributed by atoms with van der Waals surface area (Å²) in [7, 11) is 0. The van der Waals surface area contributed by atoms with E-state index in [0.29, 0.717) is 5.03 Å². The number of hydrogen-bond acceptors (Lipinski definition) is 2. The zero-order chi connectivity index (χ0) is 12.9. The molecule has 0 atom stereocenters. The molecule has 1 aliphatic heterocycles. The van der Waals surface area contributed by atoms with Gasteiger partial charge in [-0.2, -0.15) is 5.26 Å². The Morgan fingerprint density at radius 2 is 2.00 bits per heavy atom. The summed E-state index contributed by atoms with van der Waals surface area (Å²) in [4.78, 5) is 2.35. The molecule has 0 aromatic rings. The minimum Gasteiger partial charge on any atom is -0.303 e. The van der Waals surface area contributed by atoms with Gasteiger partial charge in [-0.1, -0.05) is 43.8 Å². The van der Waals surface area contributed by atoms with Gasteiger partial charge in [0, 0.05) is 5.03 Å². The fourth-order valence-corrected chi connectivity index (χ4v) is 2.58. The van der Waals surface area contributed by atoms with Crippen molar-refractivity contribution in [1.82, 2.24) is 4.90 Å². The molecule has 1 rings (SSSR count). The molecule has 0 radical (unpaired) electrons. The van der Waals surface area contributed by atoms with Crippen LogP contribution in [0.15, 0.2) is 35.9 Å². The molecule has 0 aliphatic carbocycles. The number of halogens is 1. The van der Waals surface area contributed by atoms with Crippen LogP contribution < -0.4 is 0 Å². The lowest BCUT2D eigenvalue weighted by molar-refractivity contribution is 0.175. The van der Waals surface area contributed by atoms with Crippen molar-refractivity contribution < 1.29 is 0 Å². The maximum absolute atomic E-state index is 9.50. The van der Waals surface area contributed by atoms with Crippen LogP contribution in [0, 0.1) is 16.7 Å². The molecular formula is C14H19ClN2. The second-order valence-corrected chi connectivity index (χ2v) is 4.71. The highest BCUT2D eigenvalue weighted by molar-refractivity contribution is 6.31. The number of allylic oxidation sites excluding steroid dienone is 4. The van der Waals surface area contributed by atoms with Gasteiger partial charge in [0.1, 0.15) is 0 Å². The van der Waals surface area contributed by atoms with Crippen LogP contribution >= 0.6 is 11.6 Å². The van der Waals surface area contributed by atoms with Crippen LogP contribution in [-0.4, -0.2) is 24.5 Å². The topological polar surface area (TPSA) is 27.0 Å². The largest absolute Gasteiger partial charge is 0.303 e. The molecule has 0 aromatic carbocycles. The lowest BCUT2D eigenvalue weighted by Gasteiger charge is -2.37. The molecule has 17 heavy (non-hydrogen) atoms. The van der Waals surface area contributed by atoms with Gasteiger partial charge >= 0.3 is 0 Å².